The van der Waals surface area contributed by atoms with E-state index in [1.165, 1.54) is 11.3 Å². The van der Waals surface area contributed by atoms with Gasteiger partial charge in [0.1, 0.15) is 5.75 Å². The maximum absolute atomic E-state index is 5.49. The summed E-state index contributed by atoms with van der Waals surface area (Å²) < 4.78 is 5.49. The number of rotatable bonds is 5. The van der Waals surface area contributed by atoms with Crippen LogP contribution in [0.15, 0.2) is 29.3 Å². The monoisotopic (exact) mass is 349 g/mol. The van der Waals surface area contributed by atoms with Crippen molar-refractivity contribution in [2.75, 3.05) is 39.5 Å². The van der Waals surface area contributed by atoms with Gasteiger partial charge in [0.15, 0.2) is 5.96 Å². The number of hydrogen-bond acceptors (Lipinski definition) is 3. The molecule has 0 aliphatic carbocycles. The number of hydrogen-bond donors (Lipinski definition) is 1. The van der Waals surface area contributed by atoms with Crippen molar-refractivity contribution in [3.05, 3.63) is 29.8 Å². The fourth-order valence-corrected chi connectivity index (χ4v) is 4.33. The Labute approximate surface area is 151 Å². The van der Waals surface area contributed by atoms with Gasteiger partial charge in [-0.2, -0.15) is 11.8 Å². The van der Waals surface area contributed by atoms with Gasteiger partial charge in [-0.05, 0) is 17.5 Å². The molecule has 1 aromatic rings. The Balaban J connectivity index is 1.96. The van der Waals surface area contributed by atoms with Crippen LogP contribution in [-0.2, 0) is 0 Å². The van der Waals surface area contributed by atoms with Crippen molar-refractivity contribution >= 4 is 17.7 Å². The number of nitrogens with one attached hydrogen (secondary N) is 1. The van der Waals surface area contributed by atoms with E-state index < -0.39 is 0 Å². The standard InChI is InChI=1S/C19H31N3OS/c1-14(2)18-13-22(10-11-24-18)19(20-4)21-12-15(3)16-8-6-7-9-17(16)23-5/h6-9,14-15,18H,10-13H2,1-5H3,(H,20,21). The minimum atomic E-state index is 0.359. The number of guanidine groups is 1. The van der Waals surface area contributed by atoms with Crippen LogP contribution in [0.3, 0.4) is 0 Å². The average molecular weight is 350 g/mol. The predicted octanol–water partition coefficient (Wildman–Crippen LogP) is 3.45. The third kappa shape index (κ3) is 4.82. The van der Waals surface area contributed by atoms with Gasteiger partial charge >= 0.3 is 0 Å². The molecule has 0 amide bonds. The van der Waals surface area contributed by atoms with Crippen molar-refractivity contribution in [3.63, 3.8) is 0 Å². The van der Waals surface area contributed by atoms with E-state index in [4.69, 9.17) is 4.74 Å². The van der Waals surface area contributed by atoms with Crippen molar-refractivity contribution < 1.29 is 4.74 Å². The summed E-state index contributed by atoms with van der Waals surface area (Å²) in [6.07, 6.45) is 0. The highest BCUT2D eigenvalue weighted by Crippen LogP contribution is 2.26. The molecule has 5 heteroatoms. The second-order valence-corrected chi connectivity index (χ2v) is 8.02. The molecule has 1 aliphatic heterocycles. The van der Waals surface area contributed by atoms with E-state index in [1.807, 2.05) is 19.2 Å². The summed E-state index contributed by atoms with van der Waals surface area (Å²) in [5.74, 6) is 4.20. The van der Waals surface area contributed by atoms with Crippen LogP contribution in [0.4, 0.5) is 0 Å². The van der Waals surface area contributed by atoms with Crippen LogP contribution in [0.25, 0.3) is 0 Å². The summed E-state index contributed by atoms with van der Waals surface area (Å²) in [6.45, 7) is 9.83. The Morgan fingerprint density at radius 1 is 1.38 bits per heavy atom. The van der Waals surface area contributed by atoms with Crippen molar-refractivity contribution in [1.29, 1.82) is 0 Å². The Morgan fingerprint density at radius 3 is 2.79 bits per heavy atom. The SMILES string of the molecule is CN=C(NCC(C)c1ccccc1OC)N1CCSC(C(C)C)C1. The van der Waals surface area contributed by atoms with Gasteiger partial charge in [0.25, 0.3) is 0 Å². The number of nitrogens with zero attached hydrogens (tertiary/aromatic N) is 2. The number of thioether (sulfide) groups is 1. The van der Waals surface area contributed by atoms with Gasteiger partial charge in [0.2, 0.25) is 0 Å². The molecule has 2 rings (SSSR count). The molecule has 1 fully saturated rings. The highest BCUT2D eigenvalue weighted by Gasteiger charge is 2.25. The highest BCUT2D eigenvalue weighted by atomic mass is 32.2. The summed E-state index contributed by atoms with van der Waals surface area (Å²) in [5, 5.41) is 4.24. The number of methoxy groups -OCH3 is 1. The zero-order valence-corrected chi connectivity index (χ0v) is 16.4. The molecule has 24 heavy (non-hydrogen) atoms. The second kappa shape index (κ2) is 9.21. The molecule has 1 heterocycles. The van der Waals surface area contributed by atoms with Crippen LogP contribution in [0.5, 0.6) is 5.75 Å². The van der Waals surface area contributed by atoms with Crippen LogP contribution in [-0.4, -0.2) is 55.7 Å². The van der Waals surface area contributed by atoms with Crippen molar-refractivity contribution in [2.24, 2.45) is 10.9 Å². The molecule has 2 unspecified atom stereocenters. The fraction of sp³-hybridized carbons (Fsp3) is 0.632. The maximum atomic E-state index is 5.49. The lowest BCUT2D eigenvalue weighted by Crippen LogP contribution is -2.49. The molecular formula is C19H31N3OS. The minimum absolute atomic E-state index is 0.359. The molecule has 1 N–H and O–H groups in total. The molecule has 1 aromatic carbocycles. The molecule has 1 aliphatic rings. The smallest absolute Gasteiger partial charge is 0.193 e. The van der Waals surface area contributed by atoms with Crippen LogP contribution >= 0.6 is 11.8 Å². The zero-order valence-electron chi connectivity index (χ0n) is 15.6. The molecule has 0 spiro atoms. The molecule has 0 saturated carbocycles. The summed E-state index contributed by atoms with van der Waals surface area (Å²) in [5.41, 5.74) is 1.23. The van der Waals surface area contributed by atoms with E-state index in [9.17, 15) is 0 Å². The van der Waals surface area contributed by atoms with Crippen LogP contribution in [0.1, 0.15) is 32.3 Å². The van der Waals surface area contributed by atoms with E-state index in [1.54, 1.807) is 7.11 Å². The van der Waals surface area contributed by atoms with Crippen LogP contribution in [0.2, 0.25) is 0 Å². The van der Waals surface area contributed by atoms with Gasteiger partial charge in [-0.25, -0.2) is 0 Å². The Bertz CT molecular complexity index is 547. The molecule has 0 aromatic heterocycles. The normalized spacial score (nSPS) is 20.2. The fourth-order valence-electron chi connectivity index (χ4n) is 3.03. The first-order valence-electron chi connectivity index (χ1n) is 8.77. The first kappa shape index (κ1) is 19.0. The minimum Gasteiger partial charge on any atom is -0.496 e. The number of aliphatic imine (C=N–C) groups is 1. The number of ether oxygens (including phenoxy) is 1. The maximum Gasteiger partial charge on any atom is 0.193 e. The molecule has 0 bridgehead atoms. The topological polar surface area (TPSA) is 36.9 Å². The van der Waals surface area contributed by atoms with Crippen molar-refractivity contribution in [2.45, 2.75) is 31.9 Å². The lowest BCUT2D eigenvalue weighted by atomic mass is 10.0. The van der Waals surface area contributed by atoms with Crippen molar-refractivity contribution in [3.8, 4) is 5.75 Å². The highest BCUT2D eigenvalue weighted by molar-refractivity contribution is 8.00. The van der Waals surface area contributed by atoms with Gasteiger partial charge in [-0.3, -0.25) is 4.99 Å². The van der Waals surface area contributed by atoms with E-state index in [0.717, 1.165) is 31.3 Å². The number of para-hydroxylation sites is 1. The lowest BCUT2D eigenvalue weighted by Gasteiger charge is -2.36. The zero-order chi connectivity index (χ0) is 17.5. The third-order valence-corrected chi connectivity index (χ3v) is 6.12. The number of benzene rings is 1. The average Bonchev–Trinajstić information content (AvgIpc) is 2.62. The third-order valence-electron chi connectivity index (χ3n) is 4.58. The van der Waals surface area contributed by atoms with E-state index in [-0.39, 0.29) is 0 Å². The molecule has 1 saturated heterocycles. The Kier molecular flexibility index (Phi) is 7.28. The van der Waals surface area contributed by atoms with Crippen molar-refractivity contribution in [1.82, 2.24) is 10.2 Å². The van der Waals surface area contributed by atoms with Gasteiger partial charge in [0.05, 0.1) is 7.11 Å². The quantitative estimate of drug-likeness (QED) is 0.652. The first-order chi connectivity index (χ1) is 11.6. The van der Waals surface area contributed by atoms with Crippen LogP contribution in [0, 0.1) is 5.92 Å². The van der Waals surface area contributed by atoms with Crippen LogP contribution < -0.4 is 10.1 Å². The molecule has 134 valence electrons. The Hall–Kier alpha value is -1.36. The van der Waals surface area contributed by atoms with E-state index >= 15 is 0 Å². The van der Waals surface area contributed by atoms with Gasteiger partial charge in [0, 0.05) is 43.6 Å². The Morgan fingerprint density at radius 2 is 2.12 bits per heavy atom. The van der Waals surface area contributed by atoms with Gasteiger partial charge < -0.3 is 15.0 Å². The molecule has 0 radical (unpaired) electrons. The van der Waals surface area contributed by atoms with E-state index in [2.05, 4.69) is 59.9 Å². The summed E-state index contributed by atoms with van der Waals surface area (Å²) in [7, 11) is 3.61. The molecule has 2 atom stereocenters. The first-order valence-corrected chi connectivity index (χ1v) is 9.81. The van der Waals surface area contributed by atoms with Gasteiger partial charge in [-0.1, -0.05) is 39.0 Å². The molecule has 4 nitrogen and oxygen atoms in total. The lowest BCUT2D eigenvalue weighted by molar-refractivity contribution is 0.379. The van der Waals surface area contributed by atoms with E-state index in [0.29, 0.717) is 17.1 Å². The van der Waals surface area contributed by atoms with Gasteiger partial charge in [-0.15, -0.1) is 0 Å². The summed E-state index contributed by atoms with van der Waals surface area (Å²) >= 11 is 2.09. The summed E-state index contributed by atoms with van der Waals surface area (Å²) in [6, 6.07) is 8.24. The largest absolute Gasteiger partial charge is 0.496 e. The second-order valence-electron chi connectivity index (χ2n) is 6.67. The summed E-state index contributed by atoms with van der Waals surface area (Å²) in [4.78, 5) is 6.90. The molecular weight excluding hydrogens is 318 g/mol. The predicted molar refractivity (Wildman–Crippen MR) is 105 cm³/mol.